The molecule has 5 heteroatoms. The molecule has 0 aliphatic rings. The number of carboxylic acids is 1. The van der Waals surface area contributed by atoms with Crippen LogP contribution in [0.3, 0.4) is 0 Å². The summed E-state index contributed by atoms with van der Waals surface area (Å²) in [6, 6.07) is 8.09. The smallest absolute Gasteiger partial charge is 0.311 e. The van der Waals surface area contributed by atoms with E-state index >= 15 is 0 Å². The minimum Gasteiger partial charge on any atom is -0.481 e. The van der Waals surface area contributed by atoms with E-state index < -0.39 is 5.97 Å². The molecule has 0 radical (unpaired) electrons. The van der Waals surface area contributed by atoms with E-state index in [1.807, 2.05) is 25.1 Å². The molecule has 0 spiro atoms. The van der Waals surface area contributed by atoms with E-state index in [1.165, 1.54) is 11.8 Å². The number of hydrogen-bond acceptors (Lipinski definition) is 3. The number of furan rings is 1. The molecule has 116 valence electrons. The Morgan fingerprint density at radius 1 is 1.27 bits per heavy atom. The van der Waals surface area contributed by atoms with Gasteiger partial charge in [0.1, 0.15) is 12.2 Å². The van der Waals surface area contributed by atoms with Crippen molar-refractivity contribution in [2.45, 2.75) is 26.7 Å². The second kappa shape index (κ2) is 6.93. The molecule has 5 nitrogen and oxygen atoms in total. The number of amides is 1. The van der Waals surface area contributed by atoms with Crippen LogP contribution in [0.5, 0.6) is 0 Å². The minimum atomic E-state index is -1.02. The van der Waals surface area contributed by atoms with Crippen LogP contribution in [0.4, 0.5) is 0 Å². The first-order valence-electron chi connectivity index (χ1n) is 7.10. The quantitative estimate of drug-likeness (QED) is 0.859. The zero-order valence-electron chi connectivity index (χ0n) is 12.7. The molecule has 0 aliphatic carbocycles. The normalized spacial score (nSPS) is 10.5. The van der Waals surface area contributed by atoms with Crippen molar-refractivity contribution in [3.63, 3.8) is 0 Å². The molecular weight excluding hydrogens is 282 g/mol. The van der Waals surface area contributed by atoms with Gasteiger partial charge in [-0.1, -0.05) is 29.8 Å². The SMILES string of the molecule is Cc1cccc(CCNC(=O)c2c(C)coc2CC(=O)O)c1. The van der Waals surface area contributed by atoms with E-state index in [4.69, 9.17) is 9.52 Å². The third kappa shape index (κ3) is 3.97. The molecule has 1 heterocycles. The fourth-order valence-corrected chi connectivity index (χ4v) is 2.35. The molecule has 2 N–H and O–H groups in total. The van der Waals surface area contributed by atoms with Crippen LogP contribution in [0.15, 0.2) is 34.9 Å². The van der Waals surface area contributed by atoms with E-state index in [0.717, 1.165) is 12.0 Å². The summed E-state index contributed by atoms with van der Waals surface area (Å²) in [6.45, 7) is 4.23. The summed E-state index contributed by atoms with van der Waals surface area (Å²) in [7, 11) is 0. The maximum Gasteiger partial charge on any atom is 0.311 e. The summed E-state index contributed by atoms with van der Waals surface area (Å²) < 4.78 is 5.17. The van der Waals surface area contributed by atoms with Crippen molar-refractivity contribution in [1.82, 2.24) is 5.32 Å². The molecule has 0 bridgehead atoms. The van der Waals surface area contributed by atoms with E-state index in [9.17, 15) is 9.59 Å². The number of benzene rings is 1. The van der Waals surface area contributed by atoms with Crippen molar-refractivity contribution in [3.05, 3.63) is 58.5 Å². The van der Waals surface area contributed by atoms with E-state index in [2.05, 4.69) is 11.4 Å². The van der Waals surface area contributed by atoms with Crippen molar-refractivity contribution in [2.24, 2.45) is 0 Å². The summed E-state index contributed by atoms with van der Waals surface area (Å²) in [5.41, 5.74) is 3.30. The van der Waals surface area contributed by atoms with Gasteiger partial charge in [-0.2, -0.15) is 0 Å². The maximum absolute atomic E-state index is 12.2. The predicted molar refractivity (Wildman–Crippen MR) is 82.0 cm³/mol. The monoisotopic (exact) mass is 301 g/mol. The fraction of sp³-hybridized carbons (Fsp3) is 0.294. The van der Waals surface area contributed by atoms with Gasteiger partial charge in [-0.3, -0.25) is 9.59 Å². The molecule has 2 aromatic rings. The van der Waals surface area contributed by atoms with Crippen LogP contribution in [0.25, 0.3) is 0 Å². The first kappa shape index (κ1) is 15.8. The average Bonchev–Trinajstić information content (AvgIpc) is 2.79. The van der Waals surface area contributed by atoms with Crippen molar-refractivity contribution >= 4 is 11.9 Å². The van der Waals surface area contributed by atoms with E-state index in [0.29, 0.717) is 17.7 Å². The second-order valence-corrected chi connectivity index (χ2v) is 5.28. The predicted octanol–water partition coefficient (Wildman–Crippen LogP) is 2.50. The molecule has 22 heavy (non-hydrogen) atoms. The van der Waals surface area contributed by atoms with Crippen molar-refractivity contribution in [1.29, 1.82) is 0 Å². The van der Waals surface area contributed by atoms with Crippen LogP contribution in [0.1, 0.15) is 32.8 Å². The Morgan fingerprint density at radius 3 is 2.73 bits per heavy atom. The van der Waals surface area contributed by atoms with Gasteiger partial charge in [0, 0.05) is 12.1 Å². The standard InChI is InChI=1S/C17H19NO4/c1-11-4-3-5-13(8-11)6-7-18-17(21)16-12(2)10-22-14(16)9-15(19)20/h3-5,8,10H,6-7,9H2,1-2H3,(H,18,21)(H,19,20). The third-order valence-electron chi connectivity index (χ3n) is 3.37. The molecule has 2 rings (SSSR count). The Morgan fingerprint density at radius 2 is 2.05 bits per heavy atom. The summed E-state index contributed by atoms with van der Waals surface area (Å²) in [5.74, 6) is -1.13. The Hall–Kier alpha value is -2.56. The lowest BCUT2D eigenvalue weighted by molar-refractivity contribution is -0.136. The van der Waals surface area contributed by atoms with Crippen molar-refractivity contribution in [2.75, 3.05) is 6.54 Å². The largest absolute Gasteiger partial charge is 0.481 e. The molecule has 0 aliphatic heterocycles. The van der Waals surface area contributed by atoms with Crippen LogP contribution >= 0.6 is 0 Å². The van der Waals surface area contributed by atoms with Crippen molar-refractivity contribution < 1.29 is 19.1 Å². The number of hydrogen-bond donors (Lipinski definition) is 2. The lowest BCUT2D eigenvalue weighted by atomic mass is 10.1. The zero-order valence-corrected chi connectivity index (χ0v) is 12.7. The Bertz CT molecular complexity index is 688. The second-order valence-electron chi connectivity index (χ2n) is 5.28. The maximum atomic E-state index is 12.2. The van der Waals surface area contributed by atoms with Gasteiger partial charge in [0.05, 0.1) is 11.8 Å². The minimum absolute atomic E-state index is 0.193. The summed E-state index contributed by atoms with van der Waals surface area (Å²) >= 11 is 0. The third-order valence-corrected chi connectivity index (χ3v) is 3.37. The summed E-state index contributed by atoms with van der Waals surface area (Å²) in [5, 5.41) is 11.7. The van der Waals surface area contributed by atoms with Gasteiger partial charge in [-0.25, -0.2) is 0 Å². The highest BCUT2D eigenvalue weighted by atomic mass is 16.4. The number of carboxylic acid groups (broad SMARTS) is 1. The molecule has 0 fully saturated rings. The lowest BCUT2D eigenvalue weighted by Crippen LogP contribution is -2.27. The molecule has 1 aromatic heterocycles. The number of carbonyl (C=O) groups is 2. The summed E-state index contributed by atoms with van der Waals surface area (Å²) in [4.78, 5) is 23.0. The highest BCUT2D eigenvalue weighted by Gasteiger charge is 2.20. The van der Waals surface area contributed by atoms with Gasteiger partial charge < -0.3 is 14.8 Å². The van der Waals surface area contributed by atoms with Crippen LogP contribution in [0, 0.1) is 13.8 Å². The van der Waals surface area contributed by atoms with Crippen LogP contribution in [-0.2, 0) is 17.6 Å². The molecular formula is C17H19NO4. The number of nitrogens with one attached hydrogen (secondary N) is 1. The number of carbonyl (C=O) groups excluding carboxylic acids is 1. The highest BCUT2D eigenvalue weighted by Crippen LogP contribution is 2.17. The Balaban J connectivity index is 1.98. The summed E-state index contributed by atoms with van der Waals surface area (Å²) in [6.07, 6.45) is 1.83. The van der Waals surface area contributed by atoms with Crippen LogP contribution in [-0.4, -0.2) is 23.5 Å². The first-order chi connectivity index (χ1) is 10.5. The van der Waals surface area contributed by atoms with Gasteiger partial charge in [-0.05, 0) is 25.8 Å². The highest BCUT2D eigenvalue weighted by molar-refractivity contribution is 5.97. The van der Waals surface area contributed by atoms with Gasteiger partial charge in [0.2, 0.25) is 0 Å². The van der Waals surface area contributed by atoms with Gasteiger partial charge in [0.15, 0.2) is 0 Å². The van der Waals surface area contributed by atoms with Gasteiger partial charge in [-0.15, -0.1) is 0 Å². The fourth-order valence-electron chi connectivity index (χ4n) is 2.35. The Labute approximate surface area is 129 Å². The molecule has 1 amide bonds. The molecule has 1 aromatic carbocycles. The Kier molecular flexibility index (Phi) is 4.99. The van der Waals surface area contributed by atoms with E-state index in [1.54, 1.807) is 6.92 Å². The van der Waals surface area contributed by atoms with Crippen LogP contribution < -0.4 is 5.32 Å². The zero-order chi connectivity index (χ0) is 16.1. The number of aryl methyl sites for hydroxylation is 2. The number of aliphatic carboxylic acids is 1. The average molecular weight is 301 g/mol. The van der Waals surface area contributed by atoms with Gasteiger partial charge >= 0.3 is 5.97 Å². The van der Waals surface area contributed by atoms with Crippen LogP contribution in [0.2, 0.25) is 0 Å². The molecule has 0 saturated carbocycles. The number of rotatable bonds is 6. The van der Waals surface area contributed by atoms with E-state index in [-0.39, 0.29) is 18.1 Å². The first-order valence-corrected chi connectivity index (χ1v) is 7.10. The molecule has 0 unspecified atom stereocenters. The lowest BCUT2D eigenvalue weighted by Gasteiger charge is -2.07. The van der Waals surface area contributed by atoms with Crippen molar-refractivity contribution in [3.8, 4) is 0 Å². The molecule has 0 saturated heterocycles. The van der Waals surface area contributed by atoms with Gasteiger partial charge in [0.25, 0.3) is 5.91 Å². The topological polar surface area (TPSA) is 79.5 Å². The molecule has 0 atom stereocenters.